The smallest absolute Gasteiger partial charge is 0.0888 e. The Bertz CT molecular complexity index is 433. The van der Waals surface area contributed by atoms with Crippen molar-refractivity contribution in [3.63, 3.8) is 0 Å². The average Bonchev–Trinajstić information content (AvgIpc) is 2.81. The minimum absolute atomic E-state index is 0.127. The van der Waals surface area contributed by atoms with E-state index in [4.69, 9.17) is 4.74 Å². The van der Waals surface area contributed by atoms with Gasteiger partial charge in [0.2, 0.25) is 0 Å². The zero-order valence-corrected chi connectivity index (χ0v) is 15.2. The predicted molar refractivity (Wildman–Crippen MR) is 89.3 cm³/mol. The van der Waals surface area contributed by atoms with Gasteiger partial charge in [-0.25, -0.2) is 0 Å². The average molecular weight is 358 g/mol. The van der Waals surface area contributed by atoms with Gasteiger partial charge in [-0.3, -0.25) is 4.68 Å². The van der Waals surface area contributed by atoms with E-state index in [1.165, 1.54) is 18.5 Å². The van der Waals surface area contributed by atoms with E-state index in [0.717, 1.165) is 36.2 Å². The second kappa shape index (κ2) is 7.25. The van der Waals surface area contributed by atoms with E-state index in [9.17, 15) is 0 Å². The lowest BCUT2D eigenvalue weighted by molar-refractivity contribution is -0.0778. The number of hydrogen-bond acceptors (Lipinski definition) is 3. The molecule has 2 rings (SSSR count). The zero-order chi connectivity index (χ0) is 15.5. The third-order valence-corrected chi connectivity index (χ3v) is 5.47. The molecule has 0 radical (unpaired) electrons. The standard InChI is InChI=1S/C16H28BrN3O/c1-5-10-18-15(14-13(17)11-19-20(14)3)16(21-4)8-6-12(2)7-9-16/h11-12,15,18H,5-10H2,1-4H3. The summed E-state index contributed by atoms with van der Waals surface area (Å²) in [5.41, 5.74) is 1.07. The van der Waals surface area contributed by atoms with Crippen molar-refractivity contribution < 1.29 is 4.74 Å². The Kier molecular flexibility index (Phi) is 5.86. The molecule has 1 N–H and O–H groups in total. The number of methoxy groups -OCH3 is 1. The molecule has 1 aliphatic carbocycles. The Morgan fingerprint density at radius 3 is 2.67 bits per heavy atom. The quantitative estimate of drug-likeness (QED) is 0.840. The van der Waals surface area contributed by atoms with Crippen LogP contribution in [0.3, 0.4) is 0 Å². The molecule has 0 bridgehead atoms. The minimum Gasteiger partial charge on any atom is -0.376 e. The van der Waals surface area contributed by atoms with Crippen molar-refractivity contribution in [2.75, 3.05) is 13.7 Å². The summed E-state index contributed by atoms with van der Waals surface area (Å²) >= 11 is 3.66. The lowest BCUT2D eigenvalue weighted by atomic mass is 9.74. The van der Waals surface area contributed by atoms with Gasteiger partial charge in [-0.2, -0.15) is 5.10 Å². The molecule has 0 aliphatic heterocycles. The molecule has 5 heteroatoms. The molecule has 1 saturated carbocycles. The van der Waals surface area contributed by atoms with Crippen LogP contribution in [0.25, 0.3) is 0 Å². The van der Waals surface area contributed by atoms with Crippen molar-refractivity contribution in [2.45, 2.75) is 57.6 Å². The van der Waals surface area contributed by atoms with Crippen LogP contribution < -0.4 is 5.32 Å². The van der Waals surface area contributed by atoms with E-state index >= 15 is 0 Å². The summed E-state index contributed by atoms with van der Waals surface area (Å²) in [7, 11) is 3.87. The largest absolute Gasteiger partial charge is 0.376 e. The Balaban J connectivity index is 2.34. The summed E-state index contributed by atoms with van der Waals surface area (Å²) < 4.78 is 9.13. The molecule has 1 aromatic heterocycles. The molecule has 0 saturated heterocycles. The Morgan fingerprint density at radius 2 is 2.19 bits per heavy atom. The first kappa shape index (κ1) is 17.0. The number of hydrogen-bond donors (Lipinski definition) is 1. The third kappa shape index (κ3) is 3.51. The molecular weight excluding hydrogens is 330 g/mol. The highest BCUT2D eigenvalue weighted by Crippen LogP contribution is 2.44. The molecule has 1 fully saturated rings. The van der Waals surface area contributed by atoms with Crippen molar-refractivity contribution in [1.82, 2.24) is 15.1 Å². The van der Waals surface area contributed by atoms with Crippen LogP contribution in [0.5, 0.6) is 0 Å². The summed E-state index contributed by atoms with van der Waals surface area (Å²) in [6.45, 7) is 5.53. The highest BCUT2D eigenvalue weighted by atomic mass is 79.9. The number of halogens is 1. The van der Waals surface area contributed by atoms with Gasteiger partial charge in [-0.05, 0) is 60.5 Å². The van der Waals surface area contributed by atoms with Crippen LogP contribution in [0.2, 0.25) is 0 Å². The van der Waals surface area contributed by atoms with Gasteiger partial charge >= 0.3 is 0 Å². The van der Waals surface area contributed by atoms with E-state index in [0.29, 0.717) is 0 Å². The van der Waals surface area contributed by atoms with Crippen molar-refractivity contribution in [3.8, 4) is 0 Å². The zero-order valence-electron chi connectivity index (χ0n) is 13.7. The molecule has 4 nitrogen and oxygen atoms in total. The van der Waals surface area contributed by atoms with Gasteiger partial charge < -0.3 is 10.1 Å². The van der Waals surface area contributed by atoms with Gasteiger partial charge in [0.05, 0.1) is 28.0 Å². The van der Waals surface area contributed by atoms with Gasteiger partial charge in [0, 0.05) is 14.2 Å². The fraction of sp³-hybridized carbons (Fsp3) is 0.812. The van der Waals surface area contributed by atoms with Crippen LogP contribution in [0.4, 0.5) is 0 Å². The minimum atomic E-state index is -0.127. The third-order valence-electron chi connectivity index (χ3n) is 4.86. The Hall–Kier alpha value is -0.390. The summed E-state index contributed by atoms with van der Waals surface area (Å²) in [5.74, 6) is 0.801. The molecule has 120 valence electrons. The van der Waals surface area contributed by atoms with E-state index in [2.05, 4.69) is 40.2 Å². The summed E-state index contributed by atoms with van der Waals surface area (Å²) in [6, 6.07) is 0.178. The molecule has 0 aromatic carbocycles. The molecular formula is C16H28BrN3O. The second-order valence-electron chi connectivity index (χ2n) is 6.34. The highest BCUT2D eigenvalue weighted by molar-refractivity contribution is 9.10. The summed E-state index contributed by atoms with van der Waals surface area (Å²) in [6.07, 6.45) is 7.65. The van der Waals surface area contributed by atoms with Crippen LogP contribution in [0.1, 0.15) is 57.7 Å². The number of ether oxygens (including phenoxy) is 1. The van der Waals surface area contributed by atoms with E-state index in [1.807, 2.05) is 25.0 Å². The van der Waals surface area contributed by atoms with E-state index < -0.39 is 0 Å². The van der Waals surface area contributed by atoms with Crippen molar-refractivity contribution in [3.05, 3.63) is 16.4 Å². The van der Waals surface area contributed by atoms with Gasteiger partial charge in [0.15, 0.2) is 0 Å². The number of nitrogens with zero attached hydrogens (tertiary/aromatic N) is 2. The molecule has 1 atom stereocenters. The maximum atomic E-state index is 6.10. The normalized spacial score (nSPS) is 27.8. The molecule has 1 unspecified atom stereocenters. The van der Waals surface area contributed by atoms with Crippen LogP contribution in [-0.4, -0.2) is 29.0 Å². The number of rotatable bonds is 6. The van der Waals surface area contributed by atoms with Crippen LogP contribution >= 0.6 is 15.9 Å². The number of aromatic nitrogens is 2. The lowest BCUT2D eigenvalue weighted by Gasteiger charge is -2.44. The molecule has 1 heterocycles. The predicted octanol–water partition coefficient (Wildman–Crippen LogP) is 3.82. The summed E-state index contributed by atoms with van der Waals surface area (Å²) in [5, 5.41) is 8.11. The van der Waals surface area contributed by atoms with Crippen molar-refractivity contribution in [1.29, 1.82) is 0 Å². The van der Waals surface area contributed by atoms with E-state index in [1.54, 1.807) is 0 Å². The maximum Gasteiger partial charge on any atom is 0.0888 e. The first-order valence-corrected chi connectivity index (χ1v) is 8.79. The molecule has 0 amide bonds. The topological polar surface area (TPSA) is 39.1 Å². The number of aryl methyl sites for hydroxylation is 1. The van der Waals surface area contributed by atoms with Crippen molar-refractivity contribution in [2.24, 2.45) is 13.0 Å². The van der Waals surface area contributed by atoms with Crippen LogP contribution in [0.15, 0.2) is 10.7 Å². The fourth-order valence-electron chi connectivity index (χ4n) is 3.43. The van der Waals surface area contributed by atoms with Gasteiger partial charge in [0.25, 0.3) is 0 Å². The van der Waals surface area contributed by atoms with Gasteiger partial charge in [-0.1, -0.05) is 13.8 Å². The highest BCUT2D eigenvalue weighted by Gasteiger charge is 2.44. The number of nitrogens with one attached hydrogen (secondary N) is 1. The van der Waals surface area contributed by atoms with Gasteiger partial charge in [0.1, 0.15) is 0 Å². The second-order valence-corrected chi connectivity index (χ2v) is 7.19. The van der Waals surface area contributed by atoms with E-state index in [-0.39, 0.29) is 11.6 Å². The molecule has 0 spiro atoms. The van der Waals surface area contributed by atoms with Crippen LogP contribution in [0, 0.1) is 5.92 Å². The molecule has 1 aliphatic rings. The monoisotopic (exact) mass is 357 g/mol. The SMILES string of the molecule is CCCNC(c1c(Br)cnn1C)C1(OC)CCC(C)CC1. The first-order valence-electron chi connectivity index (χ1n) is 8.00. The van der Waals surface area contributed by atoms with Crippen LogP contribution in [-0.2, 0) is 11.8 Å². The fourth-order valence-corrected chi connectivity index (χ4v) is 4.00. The Labute approximate surface area is 136 Å². The van der Waals surface area contributed by atoms with Gasteiger partial charge in [-0.15, -0.1) is 0 Å². The Morgan fingerprint density at radius 1 is 1.52 bits per heavy atom. The summed E-state index contributed by atoms with van der Waals surface area (Å²) in [4.78, 5) is 0. The molecule has 1 aromatic rings. The lowest BCUT2D eigenvalue weighted by Crippen LogP contribution is -2.48. The maximum absolute atomic E-state index is 6.10. The van der Waals surface area contributed by atoms with Crippen molar-refractivity contribution >= 4 is 15.9 Å². The molecule has 21 heavy (non-hydrogen) atoms. The first-order chi connectivity index (χ1) is 10.0.